The highest BCUT2D eigenvalue weighted by molar-refractivity contribution is 14.1. The number of ether oxygens (including phenoxy) is 2. The Morgan fingerprint density at radius 1 is 1.28 bits per heavy atom. The zero-order chi connectivity index (χ0) is 22.3. The van der Waals surface area contributed by atoms with Crippen LogP contribution >= 0.6 is 34.4 Å². The van der Waals surface area contributed by atoms with Gasteiger partial charge >= 0.3 is 0 Å². The van der Waals surface area contributed by atoms with Gasteiger partial charge in [0.25, 0.3) is 6.29 Å². The van der Waals surface area contributed by atoms with Gasteiger partial charge in [-0.15, -0.1) is 0 Å². The van der Waals surface area contributed by atoms with Gasteiger partial charge in [-0.1, -0.05) is 18.2 Å². The van der Waals surface area contributed by atoms with E-state index in [-0.39, 0.29) is 24.2 Å². The molecular weight excluding hydrogens is 567 g/mol. The molecule has 2 aliphatic rings. The molecule has 1 atom stereocenters. The lowest BCUT2D eigenvalue weighted by Gasteiger charge is -2.13. The minimum Gasteiger partial charge on any atom is -0.454 e. The lowest BCUT2D eigenvalue weighted by Crippen LogP contribution is -2.30. The largest absolute Gasteiger partial charge is 0.454 e. The number of thioether (sulfide) groups is 1. The highest BCUT2D eigenvalue weighted by Crippen LogP contribution is 2.39. The zero-order valence-corrected chi connectivity index (χ0v) is 20.4. The van der Waals surface area contributed by atoms with Crippen LogP contribution in [0.25, 0.3) is 11.2 Å². The quantitative estimate of drug-likeness (QED) is 0.382. The molecular formula is C19H19IN6O4S2. The van der Waals surface area contributed by atoms with Crippen molar-refractivity contribution < 1.29 is 17.9 Å². The number of nitrogen functional groups attached to an aromatic ring is 1. The molecule has 32 heavy (non-hydrogen) atoms. The number of aromatic nitrogens is 4. The van der Waals surface area contributed by atoms with Gasteiger partial charge in [0.1, 0.15) is 12.6 Å². The average molecular weight is 586 g/mol. The molecule has 2 aromatic heterocycles. The molecule has 1 aromatic carbocycles. The number of nitrogens with zero attached hydrogens (tertiary/aromatic N) is 4. The van der Waals surface area contributed by atoms with Crippen LogP contribution in [0.15, 0.2) is 47.1 Å². The van der Waals surface area contributed by atoms with Crippen LogP contribution in [-0.4, -0.2) is 39.7 Å². The SMILES string of the molecule is Nc1ncnc2c1nc(SC1=COC(c3ccccc3I)O1)n2CCS(=O)(=O)NC1CC1. The molecule has 0 bridgehead atoms. The number of hydrogen-bond acceptors (Lipinski definition) is 9. The van der Waals surface area contributed by atoms with Crippen LogP contribution < -0.4 is 10.5 Å². The van der Waals surface area contributed by atoms with E-state index in [2.05, 4.69) is 42.3 Å². The Balaban J connectivity index is 1.38. The number of aryl methyl sites for hydroxylation is 1. The number of anilines is 1. The highest BCUT2D eigenvalue weighted by Gasteiger charge is 2.29. The third kappa shape index (κ3) is 4.65. The molecule has 3 N–H and O–H groups in total. The van der Waals surface area contributed by atoms with E-state index in [1.54, 1.807) is 4.57 Å². The summed E-state index contributed by atoms with van der Waals surface area (Å²) in [5, 5.41) is 0.990. The molecule has 1 unspecified atom stereocenters. The fourth-order valence-electron chi connectivity index (χ4n) is 3.16. The molecule has 1 fully saturated rings. The maximum absolute atomic E-state index is 12.4. The summed E-state index contributed by atoms with van der Waals surface area (Å²) < 4.78 is 41.9. The zero-order valence-electron chi connectivity index (χ0n) is 16.6. The number of hydrogen-bond donors (Lipinski definition) is 2. The molecule has 0 amide bonds. The summed E-state index contributed by atoms with van der Waals surface area (Å²) in [5.41, 5.74) is 7.78. The number of benzene rings is 1. The lowest BCUT2D eigenvalue weighted by atomic mass is 10.2. The van der Waals surface area contributed by atoms with Crippen LogP contribution in [0, 0.1) is 3.57 Å². The van der Waals surface area contributed by atoms with Gasteiger partial charge in [-0.3, -0.25) is 0 Å². The first-order valence-corrected chi connectivity index (χ1v) is 13.4. The highest BCUT2D eigenvalue weighted by atomic mass is 127. The van der Waals surface area contributed by atoms with Crippen LogP contribution in [0.3, 0.4) is 0 Å². The van der Waals surface area contributed by atoms with Crippen LogP contribution in [0.2, 0.25) is 0 Å². The first-order chi connectivity index (χ1) is 15.4. The summed E-state index contributed by atoms with van der Waals surface area (Å²) in [6.45, 7) is 0.158. The second kappa shape index (κ2) is 8.68. The molecule has 1 aliphatic carbocycles. The van der Waals surface area contributed by atoms with Gasteiger partial charge < -0.3 is 19.8 Å². The first kappa shape index (κ1) is 21.7. The molecule has 0 saturated heterocycles. The van der Waals surface area contributed by atoms with Gasteiger partial charge in [-0.05, 0) is 53.3 Å². The first-order valence-electron chi connectivity index (χ1n) is 9.81. The Kier molecular flexibility index (Phi) is 5.90. The van der Waals surface area contributed by atoms with Crippen LogP contribution in [0.5, 0.6) is 0 Å². The minimum atomic E-state index is -3.42. The Hall–Kier alpha value is -2.10. The molecule has 0 spiro atoms. The molecule has 10 nitrogen and oxygen atoms in total. The smallest absolute Gasteiger partial charge is 0.268 e. The molecule has 5 rings (SSSR count). The summed E-state index contributed by atoms with van der Waals surface area (Å²) in [5.74, 6) is 0.122. The van der Waals surface area contributed by atoms with Crippen LogP contribution in [0.1, 0.15) is 24.7 Å². The number of fused-ring (bicyclic) bond motifs is 1. The molecule has 3 aromatic rings. The summed E-state index contributed by atoms with van der Waals surface area (Å²) in [6, 6.07) is 7.84. The van der Waals surface area contributed by atoms with Crippen molar-refractivity contribution in [1.29, 1.82) is 0 Å². The summed E-state index contributed by atoms with van der Waals surface area (Å²) in [6.07, 6.45) is 4.07. The van der Waals surface area contributed by atoms with E-state index in [0.29, 0.717) is 21.4 Å². The standard InChI is InChI=1S/C19H19IN6O4S2/c20-13-4-2-1-3-12(13)18-29-9-14(30-18)31-19-24-15-16(21)22-10-23-17(15)26(19)7-8-32(27,28)25-11-5-6-11/h1-4,9-11,18,25H,5-8H2,(H2,21,22,23). The Bertz CT molecular complexity index is 1310. The van der Waals surface area contributed by atoms with Crippen molar-refractivity contribution in [2.24, 2.45) is 0 Å². The molecule has 0 radical (unpaired) electrons. The molecule has 1 saturated carbocycles. The Labute approximate surface area is 202 Å². The van der Waals surface area contributed by atoms with Crippen molar-refractivity contribution in [3.05, 3.63) is 51.1 Å². The van der Waals surface area contributed by atoms with Crippen molar-refractivity contribution >= 4 is 61.4 Å². The number of nitrogens with two attached hydrogens (primary N) is 1. The second-order valence-corrected chi connectivity index (χ2v) is 11.3. The van der Waals surface area contributed by atoms with Crippen molar-refractivity contribution in [2.75, 3.05) is 11.5 Å². The third-order valence-corrected chi connectivity index (χ3v) is 8.18. The fraction of sp³-hybridized carbons (Fsp3) is 0.316. The van der Waals surface area contributed by atoms with E-state index in [1.807, 2.05) is 24.3 Å². The maximum Gasteiger partial charge on any atom is 0.268 e. The Morgan fingerprint density at radius 2 is 2.09 bits per heavy atom. The number of sulfonamides is 1. The Morgan fingerprint density at radius 3 is 2.88 bits per heavy atom. The van der Waals surface area contributed by atoms with Gasteiger partial charge in [-0.25, -0.2) is 28.1 Å². The predicted molar refractivity (Wildman–Crippen MR) is 128 cm³/mol. The van der Waals surface area contributed by atoms with Crippen LogP contribution in [0.4, 0.5) is 5.82 Å². The number of rotatable bonds is 8. The van der Waals surface area contributed by atoms with Crippen molar-refractivity contribution in [3.63, 3.8) is 0 Å². The van der Waals surface area contributed by atoms with Gasteiger partial charge in [-0.2, -0.15) is 0 Å². The van der Waals surface area contributed by atoms with Gasteiger partial charge in [0, 0.05) is 21.7 Å². The van der Waals surface area contributed by atoms with Gasteiger partial charge in [0.2, 0.25) is 15.1 Å². The fourth-order valence-corrected chi connectivity index (χ4v) is 5.93. The molecule has 13 heteroatoms. The van der Waals surface area contributed by atoms with Gasteiger partial charge in [0.15, 0.2) is 22.1 Å². The minimum absolute atomic E-state index is 0.0539. The molecule has 168 valence electrons. The number of halogens is 1. The number of imidazole rings is 1. The predicted octanol–water partition coefficient (Wildman–Crippen LogP) is 2.73. The summed E-state index contributed by atoms with van der Waals surface area (Å²) in [4.78, 5) is 12.8. The maximum atomic E-state index is 12.4. The van der Waals surface area contributed by atoms with E-state index in [9.17, 15) is 8.42 Å². The molecule has 3 heterocycles. The van der Waals surface area contributed by atoms with E-state index in [1.165, 1.54) is 24.4 Å². The normalized spacial score (nSPS) is 18.4. The van der Waals surface area contributed by atoms with Crippen molar-refractivity contribution in [2.45, 2.75) is 36.9 Å². The van der Waals surface area contributed by atoms with E-state index >= 15 is 0 Å². The lowest BCUT2D eigenvalue weighted by molar-refractivity contribution is -0.0279. The van der Waals surface area contributed by atoms with Crippen molar-refractivity contribution in [1.82, 2.24) is 24.2 Å². The molecule has 1 aliphatic heterocycles. The third-order valence-electron chi connectivity index (χ3n) is 4.89. The monoisotopic (exact) mass is 586 g/mol. The summed E-state index contributed by atoms with van der Waals surface area (Å²) >= 11 is 3.45. The van der Waals surface area contributed by atoms with E-state index in [0.717, 1.165) is 22.0 Å². The topological polar surface area (TPSA) is 134 Å². The average Bonchev–Trinajstić information content (AvgIpc) is 3.30. The van der Waals surface area contributed by atoms with E-state index in [4.69, 9.17) is 15.2 Å². The van der Waals surface area contributed by atoms with Crippen molar-refractivity contribution in [3.8, 4) is 0 Å². The van der Waals surface area contributed by atoms with E-state index < -0.39 is 16.3 Å². The van der Waals surface area contributed by atoms with Crippen LogP contribution in [-0.2, 0) is 26.0 Å². The van der Waals surface area contributed by atoms with Gasteiger partial charge in [0.05, 0.1) is 5.75 Å². The number of nitrogens with one attached hydrogen (secondary N) is 1. The second-order valence-electron chi connectivity index (χ2n) is 7.33. The summed E-state index contributed by atoms with van der Waals surface area (Å²) in [7, 11) is -3.42.